The summed E-state index contributed by atoms with van der Waals surface area (Å²) in [5.74, 6) is 0. The van der Waals surface area contributed by atoms with Crippen LogP contribution in [-0.2, 0) is 11.8 Å². The molecular weight excluding hydrogens is 158 g/mol. The van der Waals surface area contributed by atoms with Crippen LogP contribution in [0.25, 0.3) is 0 Å². The molecule has 13 heavy (non-hydrogen) atoms. The molecule has 1 heterocycles. The van der Waals surface area contributed by atoms with Crippen LogP contribution >= 0.6 is 0 Å². The van der Waals surface area contributed by atoms with Gasteiger partial charge in [-0.15, -0.1) is 0 Å². The van der Waals surface area contributed by atoms with Crippen molar-refractivity contribution in [3.63, 3.8) is 0 Å². The summed E-state index contributed by atoms with van der Waals surface area (Å²) in [5.41, 5.74) is 4.55. The van der Waals surface area contributed by atoms with Crippen LogP contribution in [0.2, 0.25) is 0 Å². The van der Waals surface area contributed by atoms with Crippen molar-refractivity contribution < 1.29 is 0 Å². The van der Waals surface area contributed by atoms with E-state index in [0.29, 0.717) is 5.41 Å². The first-order chi connectivity index (χ1) is 6.13. The molecule has 0 bridgehead atoms. The van der Waals surface area contributed by atoms with Gasteiger partial charge in [-0.1, -0.05) is 32.9 Å². The third-order valence-corrected chi connectivity index (χ3v) is 2.94. The zero-order valence-corrected chi connectivity index (χ0v) is 8.65. The molecule has 2 rings (SSSR count). The van der Waals surface area contributed by atoms with Gasteiger partial charge in [0.15, 0.2) is 0 Å². The van der Waals surface area contributed by atoms with Crippen molar-refractivity contribution in [2.45, 2.75) is 32.6 Å². The molecule has 0 fully saturated rings. The molecule has 0 saturated carbocycles. The topological polar surface area (TPSA) is 12.0 Å². The largest absolute Gasteiger partial charge is 0.384 e. The highest BCUT2D eigenvalue weighted by molar-refractivity contribution is 5.60. The van der Waals surface area contributed by atoms with Crippen LogP contribution in [0.15, 0.2) is 18.2 Å². The summed E-state index contributed by atoms with van der Waals surface area (Å²) < 4.78 is 0. The average molecular weight is 175 g/mol. The van der Waals surface area contributed by atoms with Crippen molar-refractivity contribution in [2.75, 3.05) is 11.9 Å². The fourth-order valence-electron chi connectivity index (χ4n) is 1.94. The monoisotopic (exact) mass is 175 g/mol. The van der Waals surface area contributed by atoms with E-state index in [1.54, 1.807) is 0 Å². The molecule has 1 aliphatic heterocycles. The molecule has 1 aliphatic rings. The summed E-state index contributed by atoms with van der Waals surface area (Å²) in [6.07, 6.45) is 1.13. The highest BCUT2D eigenvalue weighted by atomic mass is 14.9. The van der Waals surface area contributed by atoms with Crippen molar-refractivity contribution in [3.8, 4) is 0 Å². The van der Waals surface area contributed by atoms with E-state index >= 15 is 0 Å². The standard InChI is InChI=1S/C12H17N/c1-4-9-5-6-11-10(7-9)12(2,3)8-13-11/h5-7,13H,4,8H2,1-3H3. The summed E-state index contributed by atoms with van der Waals surface area (Å²) in [4.78, 5) is 0. The highest BCUT2D eigenvalue weighted by Gasteiger charge is 2.29. The van der Waals surface area contributed by atoms with Crippen LogP contribution in [0.4, 0.5) is 5.69 Å². The Morgan fingerprint density at radius 3 is 2.85 bits per heavy atom. The average Bonchev–Trinajstić information content (AvgIpc) is 2.42. The molecule has 1 heteroatoms. The van der Waals surface area contributed by atoms with Gasteiger partial charge in [0.25, 0.3) is 0 Å². The van der Waals surface area contributed by atoms with Gasteiger partial charge in [-0.05, 0) is 23.6 Å². The predicted octanol–water partition coefficient (Wildman–Crippen LogP) is 2.95. The molecule has 0 unspecified atom stereocenters. The molecule has 70 valence electrons. The quantitative estimate of drug-likeness (QED) is 0.692. The molecule has 0 atom stereocenters. The lowest BCUT2D eigenvalue weighted by molar-refractivity contribution is 0.585. The van der Waals surface area contributed by atoms with Gasteiger partial charge in [0.05, 0.1) is 0 Å². The van der Waals surface area contributed by atoms with E-state index < -0.39 is 0 Å². The minimum absolute atomic E-state index is 0.306. The highest BCUT2D eigenvalue weighted by Crippen LogP contribution is 2.36. The van der Waals surface area contributed by atoms with E-state index in [0.717, 1.165) is 13.0 Å². The van der Waals surface area contributed by atoms with Crippen LogP contribution in [0, 0.1) is 0 Å². The Morgan fingerprint density at radius 2 is 2.15 bits per heavy atom. The molecule has 0 saturated heterocycles. The van der Waals surface area contributed by atoms with Gasteiger partial charge in [-0.25, -0.2) is 0 Å². The SMILES string of the molecule is CCc1ccc2c(c1)C(C)(C)CN2. The Balaban J connectivity index is 2.50. The number of anilines is 1. The molecule has 1 N–H and O–H groups in total. The number of rotatable bonds is 1. The minimum Gasteiger partial charge on any atom is -0.384 e. The third kappa shape index (κ3) is 1.32. The van der Waals surface area contributed by atoms with E-state index in [4.69, 9.17) is 0 Å². The summed E-state index contributed by atoms with van der Waals surface area (Å²) in [5, 5.41) is 3.44. The molecule has 0 amide bonds. The fourth-order valence-corrected chi connectivity index (χ4v) is 1.94. The second-order valence-corrected chi connectivity index (χ2v) is 4.47. The van der Waals surface area contributed by atoms with Gasteiger partial charge in [-0.3, -0.25) is 0 Å². The number of nitrogens with one attached hydrogen (secondary N) is 1. The smallest absolute Gasteiger partial charge is 0.0379 e. The van der Waals surface area contributed by atoms with Gasteiger partial charge in [0, 0.05) is 17.6 Å². The van der Waals surface area contributed by atoms with Crippen LogP contribution in [0.3, 0.4) is 0 Å². The zero-order chi connectivity index (χ0) is 9.47. The molecule has 1 aromatic rings. The van der Waals surface area contributed by atoms with Gasteiger partial charge in [-0.2, -0.15) is 0 Å². The third-order valence-electron chi connectivity index (χ3n) is 2.94. The van der Waals surface area contributed by atoms with Crippen molar-refractivity contribution >= 4 is 5.69 Å². The fraction of sp³-hybridized carbons (Fsp3) is 0.500. The molecule has 1 nitrogen and oxygen atoms in total. The Hall–Kier alpha value is -0.980. The van der Waals surface area contributed by atoms with Crippen LogP contribution < -0.4 is 5.32 Å². The predicted molar refractivity (Wildman–Crippen MR) is 57.3 cm³/mol. The maximum absolute atomic E-state index is 3.44. The van der Waals surface area contributed by atoms with Crippen LogP contribution in [-0.4, -0.2) is 6.54 Å². The Bertz CT molecular complexity index is 326. The first-order valence-electron chi connectivity index (χ1n) is 5.01. The second kappa shape index (κ2) is 2.76. The number of fused-ring (bicyclic) bond motifs is 1. The number of hydrogen-bond donors (Lipinski definition) is 1. The lowest BCUT2D eigenvalue weighted by Gasteiger charge is -2.17. The van der Waals surface area contributed by atoms with Gasteiger partial charge in [0.2, 0.25) is 0 Å². The Kier molecular flexibility index (Phi) is 1.83. The summed E-state index contributed by atoms with van der Waals surface area (Å²) in [6, 6.07) is 6.77. The van der Waals surface area contributed by atoms with E-state index in [2.05, 4.69) is 44.3 Å². The zero-order valence-electron chi connectivity index (χ0n) is 8.65. The van der Waals surface area contributed by atoms with E-state index in [1.165, 1.54) is 16.8 Å². The summed E-state index contributed by atoms with van der Waals surface area (Å²) in [6.45, 7) is 7.86. The minimum atomic E-state index is 0.306. The van der Waals surface area contributed by atoms with Crippen molar-refractivity contribution in [2.24, 2.45) is 0 Å². The molecule has 0 aromatic heterocycles. The molecule has 0 radical (unpaired) electrons. The van der Waals surface area contributed by atoms with E-state index in [9.17, 15) is 0 Å². The summed E-state index contributed by atoms with van der Waals surface area (Å²) >= 11 is 0. The maximum atomic E-state index is 3.44. The number of hydrogen-bond acceptors (Lipinski definition) is 1. The van der Waals surface area contributed by atoms with Crippen molar-refractivity contribution in [1.29, 1.82) is 0 Å². The normalized spacial score (nSPS) is 18.1. The Labute approximate surface area is 80.2 Å². The first kappa shape index (κ1) is 8.61. The van der Waals surface area contributed by atoms with E-state index in [1.807, 2.05) is 0 Å². The van der Waals surface area contributed by atoms with Gasteiger partial charge < -0.3 is 5.32 Å². The second-order valence-electron chi connectivity index (χ2n) is 4.47. The first-order valence-corrected chi connectivity index (χ1v) is 5.01. The number of aryl methyl sites for hydroxylation is 1. The Morgan fingerprint density at radius 1 is 1.38 bits per heavy atom. The van der Waals surface area contributed by atoms with Crippen LogP contribution in [0.1, 0.15) is 31.9 Å². The van der Waals surface area contributed by atoms with Gasteiger partial charge in [0.1, 0.15) is 0 Å². The molecular formula is C12H17N. The number of benzene rings is 1. The molecule has 0 aliphatic carbocycles. The van der Waals surface area contributed by atoms with Crippen molar-refractivity contribution in [1.82, 2.24) is 0 Å². The molecule has 0 spiro atoms. The summed E-state index contributed by atoms with van der Waals surface area (Å²) in [7, 11) is 0. The lowest BCUT2D eigenvalue weighted by atomic mass is 9.86. The lowest BCUT2D eigenvalue weighted by Crippen LogP contribution is -2.19. The van der Waals surface area contributed by atoms with E-state index in [-0.39, 0.29) is 0 Å². The van der Waals surface area contributed by atoms with Crippen LogP contribution in [0.5, 0.6) is 0 Å². The van der Waals surface area contributed by atoms with Gasteiger partial charge >= 0.3 is 0 Å². The molecule has 1 aromatic carbocycles. The maximum Gasteiger partial charge on any atom is 0.0379 e. The van der Waals surface area contributed by atoms with Crippen molar-refractivity contribution in [3.05, 3.63) is 29.3 Å².